The van der Waals surface area contributed by atoms with Crippen LogP contribution in [0.2, 0.25) is 0 Å². The van der Waals surface area contributed by atoms with Gasteiger partial charge in [-0.3, -0.25) is 4.79 Å². The van der Waals surface area contributed by atoms with Crippen molar-refractivity contribution in [2.75, 3.05) is 27.2 Å². The van der Waals surface area contributed by atoms with Crippen molar-refractivity contribution < 1.29 is 9.53 Å². The molecule has 0 saturated heterocycles. The van der Waals surface area contributed by atoms with Gasteiger partial charge in [-0.25, -0.2) is 0 Å². The summed E-state index contributed by atoms with van der Waals surface area (Å²) in [5.74, 6) is -0.0256. The summed E-state index contributed by atoms with van der Waals surface area (Å²) in [5.41, 5.74) is 0. The second-order valence-corrected chi connectivity index (χ2v) is 5.25. The third-order valence-electron chi connectivity index (χ3n) is 3.00. The molecule has 0 rings (SSSR count). The zero-order chi connectivity index (χ0) is 13.6. The van der Waals surface area contributed by atoms with Crippen molar-refractivity contribution in [3.63, 3.8) is 0 Å². The van der Waals surface area contributed by atoms with E-state index in [1.807, 2.05) is 14.1 Å². The quantitative estimate of drug-likeness (QED) is 0.395. The molecule has 3 heteroatoms. The van der Waals surface area contributed by atoms with Crippen LogP contribution < -0.4 is 0 Å². The summed E-state index contributed by atoms with van der Waals surface area (Å²) in [7, 11) is 4.06. The minimum Gasteiger partial charge on any atom is -0.466 e. The molecule has 0 bridgehead atoms. The van der Waals surface area contributed by atoms with Crippen LogP contribution in [-0.4, -0.2) is 38.1 Å². The lowest BCUT2D eigenvalue weighted by molar-refractivity contribution is -0.143. The highest BCUT2D eigenvalue weighted by atomic mass is 16.5. The van der Waals surface area contributed by atoms with Crippen LogP contribution in [0.15, 0.2) is 0 Å². The Morgan fingerprint density at radius 2 is 1.56 bits per heavy atom. The van der Waals surface area contributed by atoms with E-state index in [1.165, 1.54) is 32.1 Å². The molecule has 0 aliphatic rings. The second kappa shape index (κ2) is 12.9. The molecule has 0 spiro atoms. The summed E-state index contributed by atoms with van der Waals surface area (Å²) >= 11 is 0. The highest BCUT2D eigenvalue weighted by molar-refractivity contribution is 5.69. The van der Waals surface area contributed by atoms with Gasteiger partial charge in [-0.05, 0) is 26.9 Å². The van der Waals surface area contributed by atoms with E-state index in [9.17, 15) is 4.79 Å². The molecule has 0 saturated carbocycles. The number of esters is 1. The van der Waals surface area contributed by atoms with Crippen molar-refractivity contribution in [3.05, 3.63) is 0 Å². The third kappa shape index (κ3) is 13.5. The minimum absolute atomic E-state index is 0.0256. The lowest BCUT2D eigenvalue weighted by Crippen LogP contribution is -2.16. The maximum absolute atomic E-state index is 11.4. The van der Waals surface area contributed by atoms with Gasteiger partial charge < -0.3 is 9.64 Å². The van der Waals surface area contributed by atoms with E-state index in [-0.39, 0.29) is 5.97 Å². The molecule has 0 heterocycles. The SMILES string of the molecule is CCCCCCCCCC(=O)OCCCN(C)C. The predicted molar refractivity (Wildman–Crippen MR) is 76.7 cm³/mol. The molecule has 0 atom stereocenters. The highest BCUT2D eigenvalue weighted by Crippen LogP contribution is 2.08. The fraction of sp³-hybridized carbons (Fsp3) is 0.933. The number of ether oxygens (including phenoxy) is 1. The molecule has 3 nitrogen and oxygen atoms in total. The summed E-state index contributed by atoms with van der Waals surface area (Å²) < 4.78 is 5.17. The Bertz CT molecular complexity index is 193. The number of hydrogen-bond donors (Lipinski definition) is 0. The van der Waals surface area contributed by atoms with Gasteiger partial charge in [-0.15, -0.1) is 0 Å². The first-order chi connectivity index (χ1) is 8.66. The molecule has 0 aromatic heterocycles. The van der Waals surface area contributed by atoms with Gasteiger partial charge in [0.2, 0.25) is 0 Å². The normalized spacial score (nSPS) is 10.9. The van der Waals surface area contributed by atoms with Gasteiger partial charge in [0.1, 0.15) is 0 Å². The summed E-state index contributed by atoms with van der Waals surface area (Å²) in [6.45, 7) is 3.77. The Morgan fingerprint density at radius 1 is 0.944 bits per heavy atom. The van der Waals surface area contributed by atoms with E-state index >= 15 is 0 Å². The van der Waals surface area contributed by atoms with Gasteiger partial charge in [0.15, 0.2) is 0 Å². The summed E-state index contributed by atoms with van der Waals surface area (Å²) in [5, 5.41) is 0. The van der Waals surface area contributed by atoms with Crippen LogP contribution in [0.1, 0.15) is 64.7 Å². The summed E-state index contributed by atoms with van der Waals surface area (Å²) in [4.78, 5) is 13.5. The number of carbonyl (C=O) groups is 1. The maximum Gasteiger partial charge on any atom is 0.305 e. The van der Waals surface area contributed by atoms with Gasteiger partial charge in [0, 0.05) is 13.0 Å². The highest BCUT2D eigenvalue weighted by Gasteiger charge is 2.02. The molecule has 0 aromatic rings. The Hall–Kier alpha value is -0.570. The molecular formula is C15H31NO2. The van der Waals surface area contributed by atoms with Crippen LogP contribution in [0.4, 0.5) is 0 Å². The first-order valence-electron chi connectivity index (χ1n) is 7.47. The minimum atomic E-state index is -0.0256. The molecule has 0 N–H and O–H groups in total. The van der Waals surface area contributed by atoms with Crippen LogP contribution in [-0.2, 0) is 9.53 Å². The fourth-order valence-electron chi connectivity index (χ4n) is 1.87. The largest absolute Gasteiger partial charge is 0.466 e. The molecule has 0 aliphatic heterocycles. The van der Waals surface area contributed by atoms with Crippen LogP contribution in [0.3, 0.4) is 0 Å². The molecule has 0 aliphatic carbocycles. The van der Waals surface area contributed by atoms with Gasteiger partial charge in [-0.2, -0.15) is 0 Å². The summed E-state index contributed by atoms with van der Waals surface area (Å²) in [6, 6.07) is 0. The van der Waals surface area contributed by atoms with Gasteiger partial charge in [-0.1, -0.05) is 45.4 Å². The number of carbonyl (C=O) groups excluding carboxylic acids is 1. The molecular weight excluding hydrogens is 226 g/mol. The number of rotatable bonds is 12. The average molecular weight is 257 g/mol. The molecule has 0 fully saturated rings. The molecule has 108 valence electrons. The number of nitrogens with zero attached hydrogens (tertiary/aromatic N) is 1. The van der Waals surface area contributed by atoms with Crippen LogP contribution in [0.25, 0.3) is 0 Å². The zero-order valence-electron chi connectivity index (χ0n) is 12.5. The van der Waals surface area contributed by atoms with Crippen molar-refractivity contribution in [2.45, 2.75) is 64.7 Å². The Balaban J connectivity index is 3.17. The number of hydrogen-bond acceptors (Lipinski definition) is 3. The lowest BCUT2D eigenvalue weighted by Gasteiger charge is -2.09. The molecule has 0 aromatic carbocycles. The first-order valence-corrected chi connectivity index (χ1v) is 7.47. The molecule has 0 amide bonds. The van der Waals surface area contributed by atoms with E-state index in [1.54, 1.807) is 0 Å². The Morgan fingerprint density at radius 3 is 2.17 bits per heavy atom. The smallest absolute Gasteiger partial charge is 0.305 e. The van der Waals surface area contributed by atoms with Crippen molar-refractivity contribution in [1.29, 1.82) is 0 Å². The lowest BCUT2D eigenvalue weighted by atomic mass is 10.1. The standard InChI is InChI=1S/C15H31NO2/c1-4-5-6-7-8-9-10-12-15(17)18-14-11-13-16(2)3/h4-14H2,1-3H3. The third-order valence-corrected chi connectivity index (χ3v) is 3.00. The zero-order valence-corrected chi connectivity index (χ0v) is 12.5. The van der Waals surface area contributed by atoms with Gasteiger partial charge in [0.25, 0.3) is 0 Å². The first kappa shape index (κ1) is 17.4. The number of unbranched alkanes of at least 4 members (excludes halogenated alkanes) is 6. The van der Waals surface area contributed by atoms with E-state index in [2.05, 4.69) is 11.8 Å². The van der Waals surface area contributed by atoms with Crippen molar-refractivity contribution >= 4 is 5.97 Å². The molecule has 0 radical (unpaired) electrons. The molecule has 18 heavy (non-hydrogen) atoms. The van der Waals surface area contributed by atoms with E-state index < -0.39 is 0 Å². The van der Waals surface area contributed by atoms with Crippen LogP contribution in [0, 0.1) is 0 Å². The van der Waals surface area contributed by atoms with E-state index in [0.717, 1.165) is 25.8 Å². The Kier molecular flexibility index (Phi) is 12.5. The average Bonchev–Trinajstić information content (AvgIpc) is 2.33. The van der Waals surface area contributed by atoms with Gasteiger partial charge in [0.05, 0.1) is 6.61 Å². The Labute approximate surface area is 113 Å². The van der Waals surface area contributed by atoms with Crippen molar-refractivity contribution in [3.8, 4) is 0 Å². The monoisotopic (exact) mass is 257 g/mol. The fourth-order valence-corrected chi connectivity index (χ4v) is 1.87. The van der Waals surface area contributed by atoms with E-state index in [4.69, 9.17) is 4.74 Å². The van der Waals surface area contributed by atoms with Crippen LogP contribution in [0.5, 0.6) is 0 Å². The summed E-state index contributed by atoms with van der Waals surface area (Å²) in [6.07, 6.45) is 10.2. The topological polar surface area (TPSA) is 29.5 Å². The van der Waals surface area contributed by atoms with E-state index in [0.29, 0.717) is 13.0 Å². The van der Waals surface area contributed by atoms with Gasteiger partial charge >= 0.3 is 5.97 Å². The second-order valence-electron chi connectivity index (χ2n) is 5.25. The van der Waals surface area contributed by atoms with Crippen LogP contribution >= 0.6 is 0 Å². The van der Waals surface area contributed by atoms with Crippen molar-refractivity contribution in [1.82, 2.24) is 4.90 Å². The van der Waals surface area contributed by atoms with Crippen molar-refractivity contribution in [2.24, 2.45) is 0 Å². The maximum atomic E-state index is 11.4. The predicted octanol–water partition coefficient (Wildman–Crippen LogP) is 3.62. The molecule has 0 unspecified atom stereocenters.